The van der Waals surface area contributed by atoms with Crippen molar-refractivity contribution in [3.63, 3.8) is 0 Å². The highest BCUT2D eigenvalue weighted by Crippen LogP contribution is 2.24. The summed E-state index contributed by atoms with van der Waals surface area (Å²) in [6.07, 6.45) is 0. The van der Waals surface area contributed by atoms with E-state index in [9.17, 15) is 23.1 Å². The predicted molar refractivity (Wildman–Crippen MR) is 115 cm³/mol. The molecule has 0 radical (unpaired) electrons. The minimum atomic E-state index is -3.64. The van der Waals surface area contributed by atoms with Crippen LogP contribution in [0.15, 0.2) is 62.6 Å². The van der Waals surface area contributed by atoms with Gasteiger partial charge in [-0.2, -0.15) is 4.31 Å². The Morgan fingerprint density at radius 2 is 1.71 bits per heavy atom. The van der Waals surface area contributed by atoms with Crippen LogP contribution in [-0.4, -0.2) is 54.7 Å². The second-order valence-corrected chi connectivity index (χ2v) is 9.47. The zero-order valence-electron chi connectivity index (χ0n) is 16.9. The van der Waals surface area contributed by atoms with Crippen LogP contribution >= 0.6 is 0 Å². The van der Waals surface area contributed by atoms with E-state index in [-0.39, 0.29) is 16.4 Å². The van der Waals surface area contributed by atoms with E-state index in [0.717, 1.165) is 10.9 Å². The van der Waals surface area contributed by atoms with Crippen LogP contribution in [0.4, 0.5) is 0 Å². The van der Waals surface area contributed by atoms with Gasteiger partial charge in [0.1, 0.15) is 11.3 Å². The molecule has 3 aromatic rings. The highest BCUT2D eigenvalue weighted by Gasteiger charge is 2.28. The summed E-state index contributed by atoms with van der Waals surface area (Å²) in [5.74, 6) is -0.0989. The first-order chi connectivity index (χ1) is 14.7. The molecule has 1 N–H and O–H groups in total. The van der Waals surface area contributed by atoms with Gasteiger partial charge >= 0.3 is 5.63 Å². The first-order valence-corrected chi connectivity index (χ1v) is 11.3. The third-order valence-corrected chi connectivity index (χ3v) is 7.35. The van der Waals surface area contributed by atoms with Crippen LogP contribution < -0.4 is 5.63 Å². The number of rotatable bonds is 5. The summed E-state index contributed by atoms with van der Waals surface area (Å²) in [6.45, 7) is 3.54. The molecule has 1 aliphatic rings. The van der Waals surface area contributed by atoms with Gasteiger partial charge in [0.25, 0.3) is 0 Å². The number of phenolic OH excluding ortho intramolecular Hbond substituents is 1. The topological polar surface area (TPSA) is 108 Å². The molecule has 0 saturated carbocycles. The van der Waals surface area contributed by atoms with Gasteiger partial charge in [-0.1, -0.05) is 12.1 Å². The summed E-state index contributed by atoms with van der Waals surface area (Å²) in [7, 11) is -3.64. The SMILES string of the molecule is CC(=O)c1ccc(S(=O)(=O)N2CCN(Cc3cc(=O)oc4cc(O)ccc34)CC2)cc1. The van der Waals surface area contributed by atoms with Crippen molar-refractivity contribution >= 4 is 26.8 Å². The molecule has 31 heavy (non-hydrogen) atoms. The van der Waals surface area contributed by atoms with Gasteiger partial charge in [-0.3, -0.25) is 9.69 Å². The number of Topliss-reactive ketones (excluding diaryl/α,β-unsaturated/α-hetero) is 1. The molecular weight excluding hydrogens is 420 g/mol. The smallest absolute Gasteiger partial charge is 0.336 e. The van der Waals surface area contributed by atoms with Crippen LogP contribution in [0.25, 0.3) is 11.0 Å². The molecule has 1 aliphatic heterocycles. The average molecular weight is 442 g/mol. The maximum Gasteiger partial charge on any atom is 0.336 e. The number of piperazine rings is 1. The Labute approximate surface area is 179 Å². The molecule has 1 fully saturated rings. The molecule has 0 bridgehead atoms. The molecule has 8 nitrogen and oxygen atoms in total. The van der Waals surface area contributed by atoms with Crippen molar-refractivity contribution in [2.45, 2.75) is 18.4 Å². The number of benzene rings is 2. The van der Waals surface area contributed by atoms with E-state index in [1.54, 1.807) is 6.07 Å². The molecule has 0 unspecified atom stereocenters. The van der Waals surface area contributed by atoms with Crippen molar-refractivity contribution in [1.29, 1.82) is 0 Å². The van der Waals surface area contributed by atoms with Gasteiger partial charge in [0.2, 0.25) is 10.0 Å². The average Bonchev–Trinajstić information content (AvgIpc) is 2.73. The molecule has 2 heterocycles. The van der Waals surface area contributed by atoms with E-state index in [2.05, 4.69) is 4.90 Å². The van der Waals surface area contributed by atoms with Crippen molar-refractivity contribution in [2.75, 3.05) is 26.2 Å². The van der Waals surface area contributed by atoms with E-state index in [4.69, 9.17) is 4.42 Å². The minimum Gasteiger partial charge on any atom is -0.508 e. The summed E-state index contributed by atoms with van der Waals surface area (Å²) in [4.78, 5) is 25.5. The summed E-state index contributed by atoms with van der Waals surface area (Å²) < 4.78 is 32.5. The van der Waals surface area contributed by atoms with Crippen LogP contribution in [0.1, 0.15) is 22.8 Å². The third kappa shape index (κ3) is 4.39. The fourth-order valence-electron chi connectivity index (χ4n) is 3.73. The van der Waals surface area contributed by atoms with Gasteiger partial charge in [0.15, 0.2) is 5.78 Å². The number of phenols is 1. The standard InChI is InChI=1S/C22H22N2O6S/c1-15(25)16-2-5-19(6-3-16)31(28,29)24-10-8-23(9-11-24)14-17-12-22(27)30-21-13-18(26)4-7-20(17)21/h2-7,12-13,26H,8-11,14H2,1H3. The molecule has 2 aromatic carbocycles. The molecule has 4 rings (SSSR count). The lowest BCUT2D eigenvalue weighted by atomic mass is 10.1. The summed E-state index contributed by atoms with van der Waals surface area (Å²) in [5.41, 5.74) is 1.06. The van der Waals surface area contributed by atoms with Gasteiger partial charge in [-0.05, 0) is 36.8 Å². The number of carbonyl (C=O) groups is 1. The van der Waals surface area contributed by atoms with Crippen LogP contribution in [0, 0.1) is 0 Å². The minimum absolute atomic E-state index is 0.0166. The zero-order valence-corrected chi connectivity index (χ0v) is 17.8. The lowest BCUT2D eigenvalue weighted by Gasteiger charge is -2.34. The molecular formula is C22H22N2O6S. The van der Waals surface area contributed by atoms with Crippen molar-refractivity contribution in [1.82, 2.24) is 9.21 Å². The number of nitrogens with zero attached hydrogens (tertiary/aromatic N) is 2. The number of sulfonamides is 1. The second-order valence-electron chi connectivity index (χ2n) is 7.53. The number of fused-ring (bicyclic) bond motifs is 1. The molecule has 9 heteroatoms. The fourth-order valence-corrected chi connectivity index (χ4v) is 5.15. The Balaban J connectivity index is 1.47. The van der Waals surface area contributed by atoms with Crippen LogP contribution in [0.2, 0.25) is 0 Å². The number of hydrogen-bond acceptors (Lipinski definition) is 7. The number of hydrogen-bond donors (Lipinski definition) is 1. The van der Waals surface area contributed by atoms with E-state index < -0.39 is 15.6 Å². The van der Waals surface area contributed by atoms with Crippen LogP contribution in [0.5, 0.6) is 5.75 Å². The molecule has 0 amide bonds. The summed E-state index contributed by atoms with van der Waals surface area (Å²) >= 11 is 0. The van der Waals surface area contributed by atoms with E-state index in [1.165, 1.54) is 53.7 Å². The molecule has 1 aromatic heterocycles. The Bertz CT molecular complexity index is 1290. The molecule has 0 aliphatic carbocycles. The first-order valence-electron chi connectivity index (χ1n) is 9.83. The highest BCUT2D eigenvalue weighted by molar-refractivity contribution is 7.89. The summed E-state index contributed by atoms with van der Waals surface area (Å²) in [6, 6.07) is 12.0. The molecule has 1 saturated heterocycles. The highest BCUT2D eigenvalue weighted by atomic mass is 32.2. The van der Waals surface area contributed by atoms with E-state index >= 15 is 0 Å². The first kappa shape index (κ1) is 21.2. The lowest BCUT2D eigenvalue weighted by molar-refractivity contribution is 0.101. The number of aromatic hydroxyl groups is 1. The lowest BCUT2D eigenvalue weighted by Crippen LogP contribution is -2.48. The largest absolute Gasteiger partial charge is 0.508 e. The van der Waals surface area contributed by atoms with Crippen molar-refractivity contribution in [2.24, 2.45) is 0 Å². The van der Waals surface area contributed by atoms with Gasteiger partial charge < -0.3 is 9.52 Å². The van der Waals surface area contributed by atoms with Gasteiger partial charge in [0.05, 0.1) is 4.90 Å². The Morgan fingerprint density at radius 1 is 1.03 bits per heavy atom. The van der Waals surface area contributed by atoms with Crippen molar-refractivity contribution in [3.8, 4) is 5.75 Å². The third-order valence-electron chi connectivity index (χ3n) is 5.44. The zero-order chi connectivity index (χ0) is 22.2. The Morgan fingerprint density at radius 3 is 2.35 bits per heavy atom. The van der Waals surface area contributed by atoms with Gasteiger partial charge in [-0.25, -0.2) is 13.2 Å². The maximum absolute atomic E-state index is 12.9. The van der Waals surface area contributed by atoms with Crippen LogP contribution in [-0.2, 0) is 16.6 Å². The quantitative estimate of drug-likeness (QED) is 0.477. The Hall–Kier alpha value is -3.01. The molecule has 162 valence electrons. The number of ketones is 1. The molecule has 0 spiro atoms. The van der Waals surface area contributed by atoms with Crippen molar-refractivity contribution in [3.05, 3.63) is 70.1 Å². The summed E-state index contributed by atoms with van der Waals surface area (Å²) in [5, 5.41) is 10.4. The maximum atomic E-state index is 12.9. The van der Waals surface area contributed by atoms with E-state index in [0.29, 0.717) is 43.9 Å². The molecule has 0 atom stereocenters. The van der Waals surface area contributed by atoms with Crippen LogP contribution in [0.3, 0.4) is 0 Å². The predicted octanol–water partition coefficient (Wildman–Crippen LogP) is 2.21. The van der Waals surface area contributed by atoms with E-state index in [1.807, 2.05) is 0 Å². The van der Waals surface area contributed by atoms with Gasteiger partial charge in [-0.15, -0.1) is 0 Å². The fraction of sp³-hybridized carbons (Fsp3) is 0.273. The monoisotopic (exact) mass is 442 g/mol. The van der Waals surface area contributed by atoms with Gasteiger partial charge in [0, 0.05) is 55.8 Å². The number of carbonyl (C=O) groups excluding carboxylic acids is 1. The van der Waals surface area contributed by atoms with Crippen molar-refractivity contribution < 1.29 is 22.7 Å². The second kappa shape index (κ2) is 8.26. The normalized spacial score (nSPS) is 15.9. The Kier molecular flexibility index (Phi) is 5.65.